The number of anilines is 1. The minimum atomic E-state index is -1.08. The number of aromatic carboxylic acids is 1. The Labute approximate surface area is 157 Å². The van der Waals surface area contributed by atoms with Crippen molar-refractivity contribution in [1.82, 2.24) is 5.32 Å². The molecule has 3 N–H and O–H groups in total. The molecule has 0 aliphatic heterocycles. The van der Waals surface area contributed by atoms with Crippen LogP contribution in [0.15, 0.2) is 48.5 Å². The normalized spacial score (nSPS) is 11.6. The molecule has 0 aliphatic carbocycles. The summed E-state index contributed by atoms with van der Waals surface area (Å²) in [6, 6.07) is 11.7. The Bertz CT molecular complexity index is 831. The molecule has 27 heavy (non-hydrogen) atoms. The molecule has 0 fully saturated rings. The quantitative estimate of drug-likeness (QED) is 0.695. The second-order valence-corrected chi connectivity index (χ2v) is 6.30. The number of methoxy groups -OCH3 is 1. The molecule has 7 nitrogen and oxygen atoms in total. The molecule has 1 unspecified atom stereocenters. The van der Waals surface area contributed by atoms with Crippen molar-refractivity contribution in [1.29, 1.82) is 0 Å². The number of carbonyl (C=O) groups is 3. The molecule has 1 atom stereocenters. The summed E-state index contributed by atoms with van der Waals surface area (Å²) >= 11 is 0. The zero-order valence-electron chi connectivity index (χ0n) is 15.4. The smallest absolute Gasteiger partial charge is 0.335 e. The Morgan fingerprint density at radius 3 is 2.22 bits per heavy atom. The van der Waals surface area contributed by atoms with Crippen LogP contribution in [0.4, 0.5) is 5.69 Å². The van der Waals surface area contributed by atoms with E-state index in [0.717, 1.165) is 0 Å². The number of hydrogen-bond donors (Lipinski definition) is 3. The molecule has 0 bridgehead atoms. The van der Waals surface area contributed by atoms with Crippen LogP contribution in [0.5, 0.6) is 5.75 Å². The summed E-state index contributed by atoms with van der Waals surface area (Å²) in [6.07, 6.45) is 0. The molecule has 2 amide bonds. The van der Waals surface area contributed by atoms with Gasteiger partial charge in [0.2, 0.25) is 5.91 Å². The van der Waals surface area contributed by atoms with Gasteiger partial charge in [-0.2, -0.15) is 0 Å². The molecular formula is C20H22N2O5. The number of hydrogen-bond acceptors (Lipinski definition) is 4. The zero-order valence-corrected chi connectivity index (χ0v) is 15.4. The van der Waals surface area contributed by atoms with Gasteiger partial charge in [0.15, 0.2) is 0 Å². The summed E-state index contributed by atoms with van der Waals surface area (Å²) in [4.78, 5) is 36.1. The van der Waals surface area contributed by atoms with Crippen LogP contribution in [0.3, 0.4) is 0 Å². The van der Waals surface area contributed by atoms with Crippen LogP contribution in [0.25, 0.3) is 0 Å². The minimum Gasteiger partial charge on any atom is -0.497 e. The Morgan fingerprint density at radius 2 is 1.67 bits per heavy atom. The number of nitrogens with one attached hydrogen (secondary N) is 2. The first-order valence-corrected chi connectivity index (χ1v) is 8.41. The Hall–Kier alpha value is -3.35. The summed E-state index contributed by atoms with van der Waals surface area (Å²) in [5.74, 6) is -1.43. The van der Waals surface area contributed by atoms with Crippen molar-refractivity contribution < 1.29 is 24.2 Å². The van der Waals surface area contributed by atoms with E-state index in [4.69, 9.17) is 9.84 Å². The first-order chi connectivity index (χ1) is 12.8. The second kappa shape index (κ2) is 8.84. The summed E-state index contributed by atoms with van der Waals surface area (Å²) in [6.45, 7) is 3.62. The van der Waals surface area contributed by atoms with Gasteiger partial charge in [-0.25, -0.2) is 4.79 Å². The van der Waals surface area contributed by atoms with Crippen LogP contribution >= 0.6 is 0 Å². The van der Waals surface area contributed by atoms with E-state index in [2.05, 4.69) is 10.6 Å². The fourth-order valence-electron chi connectivity index (χ4n) is 2.45. The lowest BCUT2D eigenvalue weighted by Crippen LogP contribution is -2.47. The van der Waals surface area contributed by atoms with Gasteiger partial charge in [0.25, 0.3) is 5.91 Å². The van der Waals surface area contributed by atoms with E-state index in [-0.39, 0.29) is 17.4 Å². The molecule has 0 aliphatic rings. The number of amides is 2. The lowest BCUT2D eigenvalue weighted by molar-refractivity contribution is -0.118. The van der Waals surface area contributed by atoms with Crippen molar-refractivity contribution >= 4 is 23.5 Å². The molecule has 0 saturated carbocycles. The standard InChI is InChI=1S/C20H22N2O5/c1-12(2)17(22-18(23)13-7-9-16(27-3)10-8-13)19(24)21-15-6-4-5-14(11-15)20(25)26/h4-12,17H,1-3H3,(H,21,24)(H,22,23)(H,25,26). The van der Waals surface area contributed by atoms with E-state index in [1.165, 1.54) is 19.2 Å². The SMILES string of the molecule is COc1ccc(C(=O)NC(C(=O)Nc2cccc(C(=O)O)c2)C(C)C)cc1. The third-order valence-electron chi connectivity index (χ3n) is 3.96. The van der Waals surface area contributed by atoms with E-state index in [1.54, 1.807) is 36.4 Å². The van der Waals surface area contributed by atoms with Gasteiger partial charge in [-0.15, -0.1) is 0 Å². The molecule has 0 aromatic heterocycles. The van der Waals surface area contributed by atoms with Gasteiger partial charge >= 0.3 is 5.97 Å². The van der Waals surface area contributed by atoms with E-state index < -0.39 is 17.9 Å². The molecule has 0 heterocycles. The van der Waals surface area contributed by atoms with Crippen LogP contribution in [0, 0.1) is 5.92 Å². The summed E-state index contributed by atoms with van der Waals surface area (Å²) in [5.41, 5.74) is 0.822. The van der Waals surface area contributed by atoms with Gasteiger partial charge in [0.05, 0.1) is 12.7 Å². The molecule has 2 rings (SSSR count). The molecule has 0 saturated heterocycles. The molecular weight excluding hydrogens is 348 g/mol. The average molecular weight is 370 g/mol. The number of benzene rings is 2. The highest BCUT2D eigenvalue weighted by Crippen LogP contribution is 2.14. The van der Waals surface area contributed by atoms with E-state index in [1.807, 2.05) is 13.8 Å². The highest BCUT2D eigenvalue weighted by Gasteiger charge is 2.25. The number of carboxylic acids is 1. The predicted molar refractivity (Wildman–Crippen MR) is 101 cm³/mol. The van der Waals surface area contributed by atoms with Crippen molar-refractivity contribution in [3.63, 3.8) is 0 Å². The maximum Gasteiger partial charge on any atom is 0.335 e. The van der Waals surface area contributed by atoms with Gasteiger partial charge < -0.3 is 20.5 Å². The highest BCUT2D eigenvalue weighted by molar-refractivity contribution is 6.01. The van der Waals surface area contributed by atoms with Crippen molar-refractivity contribution in [2.45, 2.75) is 19.9 Å². The van der Waals surface area contributed by atoms with Crippen molar-refractivity contribution in [3.05, 3.63) is 59.7 Å². The number of carboxylic acid groups (broad SMARTS) is 1. The molecule has 0 spiro atoms. The maximum absolute atomic E-state index is 12.6. The van der Waals surface area contributed by atoms with Gasteiger partial charge in [-0.1, -0.05) is 19.9 Å². The highest BCUT2D eigenvalue weighted by atomic mass is 16.5. The fraction of sp³-hybridized carbons (Fsp3) is 0.250. The monoisotopic (exact) mass is 370 g/mol. The zero-order chi connectivity index (χ0) is 20.0. The molecule has 0 radical (unpaired) electrons. The summed E-state index contributed by atoms with van der Waals surface area (Å²) < 4.78 is 5.06. The van der Waals surface area contributed by atoms with Crippen LogP contribution in [-0.2, 0) is 4.79 Å². The minimum absolute atomic E-state index is 0.0659. The Morgan fingerprint density at radius 1 is 1.00 bits per heavy atom. The average Bonchev–Trinajstić information content (AvgIpc) is 2.65. The molecule has 142 valence electrons. The lowest BCUT2D eigenvalue weighted by atomic mass is 10.0. The largest absolute Gasteiger partial charge is 0.497 e. The van der Waals surface area contributed by atoms with Gasteiger partial charge in [0, 0.05) is 11.3 Å². The number of rotatable bonds is 7. The van der Waals surface area contributed by atoms with Crippen LogP contribution in [0.1, 0.15) is 34.6 Å². The number of ether oxygens (including phenoxy) is 1. The van der Waals surface area contributed by atoms with Crippen LogP contribution in [-0.4, -0.2) is 36.0 Å². The van der Waals surface area contributed by atoms with Gasteiger partial charge in [-0.3, -0.25) is 9.59 Å². The topological polar surface area (TPSA) is 105 Å². The van der Waals surface area contributed by atoms with Crippen molar-refractivity contribution in [2.75, 3.05) is 12.4 Å². The maximum atomic E-state index is 12.6. The fourth-order valence-corrected chi connectivity index (χ4v) is 2.45. The van der Waals surface area contributed by atoms with E-state index in [9.17, 15) is 14.4 Å². The first-order valence-electron chi connectivity index (χ1n) is 8.41. The first kappa shape index (κ1) is 20.0. The van der Waals surface area contributed by atoms with E-state index in [0.29, 0.717) is 17.0 Å². The van der Waals surface area contributed by atoms with Gasteiger partial charge in [-0.05, 0) is 48.4 Å². The molecule has 2 aromatic rings. The summed E-state index contributed by atoms with van der Waals surface area (Å²) in [5, 5.41) is 14.4. The summed E-state index contributed by atoms with van der Waals surface area (Å²) in [7, 11) is 1.54. The molecule has 2 aromatic carbocycles. The van der Waals surface area contributed by atoms with Gasteiger partial charge in [0.1, 0.15) is 11.8 Å². The third-order valence-corrected chi connectivity index (χ3v) is 3.96. The predicted octanol–water partition coefficient (Wildman–Crippen LogP) is 2.79. The number of carbonyl (C=O) groups excluding carboxylic acids is 2. The Kier molecular flexibility index (Phi) is 6.54. The van der Waals surface area contributed by atoms with Crippen LogP contribution in [0.2, 0.25) is 0 Å². The van der Waals surface area contributed by atoms with Crippen molar-refractivity contribution in [2.24, 2.45) is 5.92 Å². The van der Waals surface area contributed by atoms with Crippen LogP contribution < -0.4 is 15.4 Å². The third kappa shape index (κ3) is 5.31. The van der Waals surface area contributed by atoms with E-state index >= 15 is 0 Å². The Balaban J connectivity index is 2.11. The second-order valence-electron chi connectivity index (χ2n) is 6.30. The molecule has 7 heteroatoms. The van der Waals surface area contributed by atoms with Crippen molar-refractivity contribution in [3.8, 4) is 5.75 Å². The lowest BCUT2D eigenvalue weighted by Gasteiger charge is -2.22.